The van der Waals surface area contributed by atoms with Gasteiger partial charge in [-0.15, -0.1) is 0 Å². The Morgan fingerprint density at radius 3 is 2.42 bits per heavy atom. The lowest BCUT2D eigenvalue weighted by atomic mass is 9.90. The Morgan fingerprint density at radius 1 is 1.37 bits per heavy atom. The van der Waals surface area contributed by atoms with Crippen LogP contribution < -0.4 is 10.5 Å². The van der Waals surface area contributed by atoms with Gasteiger partial charge in [0.25, 0.3) is 0 Å². The highest BCUT2D eigenvalue weighted by molar-refractivity contribution is 7.89. The number of benzene rings is 1. The molecule has 0 radical (unpaired) electrons. The molecule has 19 heavy (non-hydrogen) atoms. The zero-order valence-corrected chi connectivity index (χ0v) is 11.9. The summed E-state index contributed by atoms with van der Waals surface area (Å²) in [6.07, 6.45) is 0. The van der Waals surface area contributed by atoms with Crippen LogP contribution >= 0.6 is 0 Å². The highest BCUT2D eigenvalue weighted by Gasteiger charge is 2.33. The van der Waals surface area contributed by atoms with Crippen molar-refractivity contribution in [3.63, 3.8) is 0 Å². The molecule has 0 spiro atoms. The van der Waals surface area contributed by atoms with Crippen LogP contribution in [-0.2, 0) is 10.0 Å². The minimum absolute atomic E-state index is 0.0425. The van der Waals surface area contributed by atoms with Crippen molar-refractivity contribution in [1.29, 1.82) is 0 Å². The van der Waals surface area contributed by atoms with Crippen molar-refractivity contribution in [3.8, 4) is 0 Å². The third kappa shape index (κ3) is 3.49. The van der Waals surface area contributed by atoms with E-state index in [1.54, 1.807) is 20.8 Å². The van der Waals surface area contributed by atoms with E-state index in [-0.39, 0.29) is 12.5 Å². The fourth-order valence-electron chi connectivity index (χ4n) is 1.44. The number of sulfonamides is 1. The van der Waals surface area contributed by atoms with E-state index < -0.39 is 32.1 Å². The number of halogens is 2. The molecule has 0 bridgehead atoms. The Balaban J connectivity index is 3.22. The van der Waals surface area contributed by atoms with Crippen molar-refractivity contribution in [2.24, 2.45) is 11.7 Å². The fraction of sp³-hybridized carbons (Fsp3) is 0.500. The molecule has 0 aliphatic heterocycles. The highest BCUT2D eigenvalue weighted by atomic mass is 32.2. The van der Waals surface area contributed by atoms with Crippen molar-refractivity contribution in [3.05, 3.63) is 29.8 Å². The van der Waals surface area contributed by atoms with Crippen LogP contribution in [0.25, 0.3) is 0 Å². The molecule has 0 saturated heterocycles. The predicted molar refractivity (Wildman–Crippen MR) is 69.0 cm³/mol. The molecule has 0 saturated carbocycles. The van der Waals surface area contributed by atoms with Gasteiger partial charge in [-0.25, -0.2) is 21.9 Å². The first kappa shape index (κ1) is 16.0. The second-order valence-corrected chi connectivity index (χ2v) is 6.61. The van der Waals surface area contributed by atoms with Gasteiger partial charge in [-0.3, -0.25) is 0 Å². The molecular weight excluding hydrogens is 274 g/mol. The number of nitrogens with one attached hydrogen (secondary N) is 1. The molecule has 108 valence electrons. The van der Waals surface area contributed by atoms with Gasteiger partial charge in [0.15, 0.2) is 0 Å². The first-order valence-electron chi connectivity index (χ1n) is 5.81. The lowest BCUT2D eigenvalue weighted by molar-refractivity contribution is 0.314. The van der Waals surface area contributed by atoms with Gasteiger partial charge in [-0.1, -0.05) is 13.8 Å². The van der Waals surface area contributed by atoms with Crippen LogP contribution in [0.15, 0.2) is 23.1 Å². The monoisotopic (exact) mass is 292 g/mol. The summed E-state index contributed by atoms with van der Waals surface area (Å²) >= 11 is 0. The van der Waals surface area contributed by atoms with Crippen LogP contribution in [0.3, 0.4) is 0 Å². The van der Waals surface area contributed by atoms with Gasteiger partial charge in [0, 0.05) is 12.1 Å². The molecule has 1 unspecified atom stereocenters. The summed E-state index contributed by atoms with van der Waals surface area (Å²) in [5.74, 6) is -1.93. The molecule has 0 aromatic heterocycles. The number of hydrogen-bond acceptors (Lipinski definition) is 3. The zero-order valence-electron chi connectivity index (χ0n) is 11.1. The lowest BCUT2D eigenvalue weighted by Gasteiger charge is -2.33. The molecule has 0 heterocycles. The molecule has 1 aromatic rings. The molecular formula is C12H18F2N2O2S. The Bertz CT molecular complexity index is 561. The van der Waals surface area contributed by atoms with Gasteiger partial charge in [-0.05, 0) is 31.0 Å². The molecule has 7 heteroatoms. The van der Waals surface area contributed by atoms with E-state index in [1.807, 2.05) is 0 Å². The predicted octanol–water partition coefficient (Wildman–Crippen LogP) is 1.62. The van der Waals surface area contributed by atoms with E-state index >= 15 is 0 Å². The highest BCUT2D eigenvalue weighted by Crippen LogP contribution is 2.21. The van der Waals surface area contributed by atoms with Crippen molar-refractivity contribution < 1.29 is 17.2 Å². The topological polar surface area (TPSA) is 72.2 Å². The summed E-state index contributed by atoms with van der Waals surface area (Å²) in [5, 5.41) is 0. The maximum absolute atomic E-state index is 13.5. The quantitative estimate of drug-likeness (QED) is 0.866. The van der Waals surface area contributed by atoms with Crippen LogP contribution in [0.4, 0.5) is 8.78 Å². The van der Waals surface area contributed by atoms with E-state index in [9.17, 15) is 17.2 Å². The van der Waals surface area contributed by atoms with Crippen molar-refractivity contribution in [1.82, 2.24) is 4.72 Å². The van der Waals surface area contributed by atoms with E-state index in [0.717, 1.165) is 12.1 Å². The molecule has 0 aliphatic carbocycles. The molecule has 0 aliphatic rings. The van der Waals surface area contributed by atoms with Crippen LogP contribution in [0, 0.1) is 17.6 Å². The van der Waals surface area contributed by atoms with E-state index in [1.165, 1.54) is 0 Å². The van der Waals surface area contributed by atoms with Crippen LogP contribution in [0.1, 0.15) is 20.8 Å². The minimum atomic E-state index is -4.17. The normalized spacial score (nSPS) is 15.5. The molecule has 1 rings (SSSR count). The molecule has 3 N–H and O–H groups in total. The second-order valence-electron chi connectivity index (χ2n) is 4.96. The van der Waals surface area contributed by atoms with E-state index in [4.69, 9.17) is 5.73 Å². The lowest BCUT2D eigenvalue weighted by Crippen LogP contribution is -2.54. The Hall–Kier alpha value is -1.05. The van der Waals surface area contributed by atoms with Crippen LogP contribution in [0.2, 0.25) is 0 Å². The van der Waals surface area contributed by atoms with Crippen molar-refractivity contribution in [2.75, 3.05) is 6.54 Å². The van der Waals surface area contributed by atoms with Crippen LogP contribution in [0.5, 0.6) is 0 Å². The minimum Gasteiger partial charge on any atom is -0.329 e. The summed E-state index contributed by atoms with van der Waals surface area (Å²) in [5.41, 5.74) is 4.63. The third-order valence-electron chi connectivity index (χ3n) is 3.25. The van der Waals surface area contributed by atoms with Gasteiger partial charge in [0.2, 0.25) is 10.0 Å². The maximum Gasteiger partial charge on any atom is 0.244 e. The first-order valence-corrected chi connectivity index (χ1v) is 7.30. The van der Waals surface area contributed by atoms with Gasteiger partial charge in [0.1, 0.15) is 16.5 Å². The Kier molecular flexibility index (Phi) is 4.65. The smallest absolute Gasteiger partial charge is 0.244 e. The number of nitrogens with two attached hydrogens (primary N) is 1. The zero-order chi connectivity index (χ0) is 14.8. The largest absolute Gasteiger partial charge is 0.329 e. The first-order chi connectivity index (χ1) is 8.62. The van der Waals surface area contributed by atoms with E-state index in [2.05, 4.69) is 4.72 Å². The van der Waals surface area contributed by atoms with E-state index in [0.29, 0.717) is 6.07 Å². The molecule has 1 aromatic carbocycles. The number of hydrogen-bond donors (Lipinski definition) is 2. The van der Waals surface area contributed by atoms with Gasteiger partial charge in [0.05, 0.1) is 0 Å². The summed E-state index contributed by atoms with van der Waals surface area (Å²) in [4.78, 5) is -0.715. The third-order valence-corrected chi connectivity index (χ3v) is 4.88. The molecule has 4 nitrogen and oxygen atoms in total. The van der Waals surface area contributed by atoms with Crippen molar-refractivity contribution >= 4 is 10.0 Å². The van der Waals surface area contributed by atoms with Gasteiger partial charge < -0.3 is 5.73 Å². The van der Waals surface area contributed by atoms with Crippen molar-refractivity contribution in [2.45, 2.75) is 31.2 Å². The Morgan fingerprint density at radius 2 is 1.95 bits per heavy atom. The van der Waals surface area contributed by atoms with Gasteiger partial charge in [-0.2, -0.15) is 0 Å². The summed E-state index contributed by atoms with van der Waals surface area (Å²) in [6, 6.07) is 2.28. The molecule has 0 amide bonds. The average molecular weight is 292 g/mol. The average Bonchev–Trinajstić information content (AvgIpc) is 2.31. The van der Waals surface area contributed by atoms with Crippen LogP contribution in [-0.4, -0.2) is 20.5 Å². The fourth-order valence-corrected chi connectivity index (χ4v) is 3.08. The summed E-state index contributed by atoms with van der Waals surface area (Å²) < 4.78 is 53.2. The summed E-state index contributed by atoms with van der Waals surface area (Å²) in [7, 11) is -4.17. The maximum atomic E-state index is 13.5. The van der Waals surface area contributed by atoms with Gasteiger partial charge >= 0.3 is 0 Å². The number of rotatable bonds is 5. The summed E-state index contributed by atoms with van der Waals surface area (Å²) in [6.45, 7) is 5.24. The standard InChI is InChI=1S/C12H18F2N2O2S/c1-8(2)12(3,7-15)16-19(17,18)11-6-9(13)4-5-10(11)14/h4-6,8,16H,7,15H2,1-3H3. The molecule has 1 atom stereocenters. The Labute approximate surface area is 112 Å². The molecule has 0 fully saturated rings. The SMILES string of the molecule is CC(C)C(C)(CN)NS(=O)(=O)c1cc(F)ccc1F. The second kappa shape index (κ2) is 5.52.